The Kier molecular flexibility index (Phi) is 5.97. The van der Waals surface area contributed by atoms with Crippen molar-refractivity contribution in [2.45, 2.75) is 19.9 Å². The number of nitrogens with one attached hydrogen (secondary N) is 2. The minimum Gasteiger partial charge on any atom is -0.316 e. The molecule has 1 aromatic carbocycles. The first-order valence-electron chi connectivity index (χ1n) is 9.25. The number of hydrogen-bond donors (Lipinski definition) is 2. The molecule has 6 nitrogen and oxygen atoms in total. The van der Waals surface area contributed by atoms with Gasteiger partial charge in [-0.25, -0.2) is 4.98 Å². The van der Waals surface area contributed by atoms with Crippen molar-refractivity contribution in [1.82, 2.24) is 25.1 Å². The molecular formula is C19H28ClN5O. The second-order valence-electron chi connectivity index (χ2n) is 7.82. The fraction of sp³-hybridized carbons (Fsp3) is 0.579. The summed E-state index contributed by atoms with van der Waals surface area (Å²) in [5.41, 5.74) is 1.16. The van der Waals surface area contributed by atoms with Crippen LogP contribution in [0.15, 0.2) is 29.1 Å². The highest BCUT2D eigenvalue weighted by atomic mass is 35.5. The lowest BCUT2D eigenvalue weighted by atomic mass is 9.89. The van der Waals surface area contributed by atoms with Crippen molar-refractivity contribution in [2.75, 3.05) is 45.8 Å². The van der Waals surface area contributed by atoms with Crippen LogP contribution in [0.1, 0.15) is 19.2 Å². The Bertz CT molecular complexity index is 794. The molecule has 0 amide bonds. The molecule has 0 aliphatic carbocycles. The third kappa shape index (κ3) is 4.26. The molecule has 2 aliphatic heterocycles. The Morgan fingerprint density at radius 2 is 1.88 bits per heavy atom. The SMILES string of the molecule is CC1(CN2CCN(Cc3nc4ccccc4c(=O)[nH]3)CC2)CCNC1.Cl. The third-order valence-electron chi connectivity index (χ3n) is 5.56. The van der Waals surface area contributed by atoms with Crippen LogP contribution in [0, 0.1) is 5.41 Å². The first-order valence-corrected chi connectivity index (χ1v) is 9.25. The summed E-state index contributed by atoms with van der Waals surface area (Å²) in [6.07, 6.45) is 1.27. The summed E-state index contributed by atoms with van der Waals surface area (Å²) in [6.45, 7) is 10.8. The summed E-state index contributed by atoms with van der Waals surface area (Å²) in [5.74, 6) is 0.768. The highest BCUT2D eigenvalue weighted by Gasteiger charge is 2.31. The van der Waals surface area contributed by atoms with Crippen LogP contribution in [0.25, 0.3) is 10.9 Å². The van der Waals surface area contributed by atoms with E-state index >= 15 is 0 Å². The first kappa shape index (κ1) is 19.3. The van der Waals surface area contributed by atoms with Gasteiger partial charge >= 0.3 is 0 Å². The molecule has 3 heterocycles. The van der Waals surface area contributed by atoms with Crippen molar-refractivity contribution in [3.05, 3.63) is 40.4 Å². The van der Waals surface area contributed by atoms with Crippen LogP contribution in [0.4, 0.5) is 0 Å². The van der Waals surface area contributed by atoms with E-state index in [0.717, 1.165) is 50.6 Å². The zero-order chi connectivity index (χ0) is 17.3. The average Bonchev–Trinajstić information content (AvgIpc) is 3.03. The molecule has 26 heavy (non-hydrogen) atoms. The van der Waals surface area contributed by atoms with Gasteiger partial charge in [0.25, 0.3) is 5.56 Å². The van der Waals surface area contributed by atoms with E-state index in [2.05, 4.69) is 32.0 Å². The molecule has 0 saturated carbocycles. The Labute approximate surface area is 160 Å². The topological polar surface area (TPSA) is 64.3 Å². The molecule has 0 radical (unpaired) electrons. The first-order chi connectivity index (χ1) is 12.1. The number of fused-ring (bicyclic) bond motifs is 1. The summed E-state index contributed by atoms with van der Waals surface area (Å²) in [4.78, 5) is 24.7. The second kappa shape index (κ2) is 8.05. The van der Waals surface area contributed by atoms with E-state index in [4.69, 9.17) is 0 Å². The quantitative estimate of drug-likeness (QED) is 0.844. The highest BCUT2D eigenvalue weighted by molar-refractivity contribution is 5.85. The van der Waals surface area contributed by atoms with Crippen LogP contribution >= 0.6 is 12.4 Å². The molecule has 0 spiro atoms. The highest BCUT2D eigenvalue weighted by Crippen LogP contribution is 2.26. The van der Waals surface area contributed by atoms with Crippen LogP contribution in [0.3, 0.4) is 0 Å². The van der Waals surface area contributed by atoms with Crippen molar-refractivity contribution in [3.8, 4) is 0 Å². The van der Waals surface area contributed by atoms with Gasteiger partial charge in [-0.1, -0.05) is 19.1 Å². The summed E-state index contributed by atoms with van der Waals surface area (Å²) in [7, 11) is 0. The van der Waals surface area contributed by atoms with Crippen LogP contribution in [-0.2, 0) is 6.54 Å². The normalized spacial score (nSPS) is 24.7. The summed E-state index contributed by atoms with van der Waals surface area (Å²) in [6, 6.07) is 7.53. The van der Waals surface area contributed by atoms with Gasteiger partial charge in [0.2, 0.25) is 0 Å². The van der Waals surface area contributed by atoms with E-state index < -0.39 is 0 Å². The van der Waals surface area contributed by atoms with Crippen molar-refractivity contribution in [3.63, 3.8) is 0 Å². The molecule has 2 aromatic rings. The summed E-state index contributed by atoms with van der Waals surface area (Å²) in [5, 5.41) is 4.15. The molecule has 1 unspecified atom stereocenters. The number of aromatic nitrogens is 2. The number of hydrogen-bond acceptors (Lipinski definition) is 5. The van der Waals surface area contributed by atoms with Crippen LogP contribution in [0.2, 0.25) is 0 Å². The number of piperazine rings is 1. The van der Waals surface area contributed by atoms with Gasteiger partial charge in [0.15, 0.2) is 0 Å². The molecule has 2 aliphatic rings. The second-order valence-corrected chi connectivity index (χ2v) is 7.82. The predicted molar refractivity (Wildman–Crippen MR) is 107 cm³/mol. The number of para-hydroxylation sites is 1. The Morgan fingerprint density at radius 3 is 2.62 bits per heavy atom. The van der Waals surface area contributed by atoms with E-state index in [1.165, 1.54) is 13.0 Å². The predicted octanol–water partition coefficient (Wildman–Crippen LogP) is 1.46. The maximum Gasteiger partial charge on any atom is 0.258 e. The molecule has 142 valence electrons. The molecule has 1 aromatic heterocycles. The summed E-state index contributed by atoms with van der Waals surface area (Å²) < 4.78 is 0. The van der Waals surface area contributed by atoms with Gasteiger partial charge in [0.1, 0.15) is 5.82 Å². The molecule has 1 atom stereocenters. The number of halogens is 1. The lowest BCUT2D eigenvalue weighted by molar-refractivity contribution is 0.0919. The maximum absolute atomic E-state index is 12.2. The Morgan fingerprint density at radius 1 is 1.15 bits per heavy atom. The van der Waals surface area contributed by atoms with Crippen molar-refractivity contribution < 1.29 is 0 Å². The lowest BCUT2D eigenvalue weighted by Gasteiger charge is -2.38. The average molecular weight is 378 g/mol. The Hall–Kier alpha value is -1.47. The van der Waals surface area contributed by atoms with E-state index in [1.807, 2.05) is 24.3 Å². The molecule has 7 heteroatoms. The third-order valence-corrected chi connectivity index (χ3v) is 5.56. The molecule has 4 rings (SSSR count). The molecule has 2 fully saturated rings. The van der Waals surface area contributed by atoms with E-state index in [-0.39, 0.29) is 18.0 Å². The lowest BCUT2D eigenvalue weighted by Crippen LogP contribution is -2.49. The van der Waals surface area contributed by atoms with E-state index in [1.54, 1.807) is 0 Å². The fourth-order valence-corrected chi connectivity index (χ4v) is 4.07. The van der Waals surface area contributed by atoms with Crippen molar-refractivity contribution in [1.29, 1.82) is 0 Å². The van der Waals surface area contributed by atoms with Gasteiger partial charge in [-0.15, -0.1) is 12.4 Å². The largest absolute Gasteiger partial charge is 0.316 e. The van der Waals surface area contributed by atoms with Crippen molar-refractivity contribution >= 4 is 23.3 Å². The number of benzene rings is 1. The van der Waals surface area contributed by atoms with Gasteiger partial charge in [0.05, 0.1) is 17.4 Å². The van der Waals surface area contributed by atoms with Gasteiger partial charge in [-0.3, -0.25) is 9.69 Å². The van der Waals surface area contributed by atoms with Gasteiger partial charge in [-0.05, 0) is 30.5 Å². The summed E-state index contributed by atoms with van der Waals surface area (Å²) >= 11 is 0. The van der Waals surface area contributed by atoms with E-state index in [9.17, 15) is 4.79 Å². The fourth-order valence-electron chi connectivity index (χ4n) is 4.07. The Balaban J connectivity index is 0.00000196. The van der Waals surface area contributed by atoms with Gasteiger partial charge in [0, 0.05) is 39.3 Å². The van der Waals surface area contributed by atoms with Crippen LogP contribution in [0.5, 0.6) is 0 Å². The molecule has 2 saturated heterocycles. The molecule has 2 N–H and O–H groups in total. The monoisotopic (exact) mass is 377 g/mol. The van der Waals surface area contributed by atoms with Crippen LogP contribution in [-0.4, -0.2) is 65.6 Å². The van der Waals surface area contributed by atoms with Gasteiger partial charge in [-0.2, -0.15) is 0 Å². The minimum absolute atomic E-state index is 0. The number of aromatic amines is 1. The van der Waals surface area contributed by atoms with Gasteiger partial charge < -0.3 is 15.2 Å². The number of H-pyrrole nitrogens is 1. The number of nitrogens with zero attached hydrogens (tertiary/aromatic N) is 3. The smallest absolute Gasteiger partial charge is 0.258 e. The standard InChI is InChI=1S/C19H27N5O.ClH/c1-19(6-7-20-13-19)14-24-10-8-23(9-11-24)12-17-21-16-5-3-2-4-15(16)18(25)22-17;/h2-5,20H,6-14H2,1H3,(H,21,22,25);1H. The molecule has 0 bridgehead atoms. The van der Waals surface area contributed by atoms with Crippen molar-refractivity contribution in [2.24, 2.45) is 5.41 Å². The van der Waals surface area contributed by atoms with E-state index in [0.29, 0.717) is 17.3 Å². The maximum atomic E-state index is 12.2. The number of rotatable bonds is 4. The molecular weight excluding hydrogens is 350 g/mol. The zero-order valence-electron chi connectivity index (χ0n) is 15.3. The zero-order valence-corrected chi connectivity index (χ0v) is 16.1. The van der Waals surface area contributed by atoms with Crippen LogP contribution < -0.4 is 10.9 Å². The minimum atomic E-state index is -0.0408.